The first kappa shape index (κ1) is 13.9. The minimum Gasteiger partial charge on any atom is -0.398 e. The van der Waals surface area contributed by atoms with Crippen molar-refractivity contribution in [3.8, 4) is 0 Å². The van der Waals surface area contributed by atoms with E-state index in [0.29, 0.717) is 11.8 Å². The van der Waals surface area contributed by atoms with Crippen molar-refractivity contribution in [1.29, 1.82) is 0 Å². The number of aryl methyl sites for hydroxylation is 1. The molecule has 0 radical (unpaired) electrons. The second-order valence-corrected chi connectivity index (χ2v) is 5.62. The van der Waals surface area contributed by atoms with Gasteiger partial charge in [-0.1, -0.05) is 43.4 Å². The molecule has 0 spiro atoms. The molecular weight excluding hydrogens is 230 g/mol. The number of benzene rings is 1. The second kappa shape index (κ2) is 6.10. The maximum atomic E-state index is 6.30. The van der Waals surface area contributed by atoms with Crippen LogP contribution in [0.5, 0.6) is 0 Å². The van der Waals surface area contributed by atoms with Gasteiger partial charge in [0.2, 0.25) is 0 Å². The van der Waals surface area contributed by atoms with Gasteiger partial charge in [0.25, 0.3) is 0 Å². The van der Waals surface area contributed by atoms with Crippen LogP contribution in [0.25, 0.3) is 0 Å². The largest absolute Gasteiger partial charge is 0.398 e. The van der Waals surface area contributed by atoms with Crippen molar-refractivity contribution in [1.82, 2.24) is 0 Å². The summed E-state index contributed by atoms with van der Waals surface area (Å²) in [6.45, 7) is 6.44. The SMILES string of the molecule is CC=CC(C)c1cc(C)c(N)c(C2C=CCCC2)c1. The van der Waals surface area contributed by atoms with Crippen LogP contribution in [0, 0.1) is 6.92 Å². The minimum atomic E-state index is 0.454. The Labute approximate surface area is 117 Å². The number of hydrogen-bond donors (Lipinski definition) is 1. The molecule has 0 bridgehead atoms. The average molecular weight is 255 g/mol. The number of nitrogen functional groups attached to an aromatic ring is 1. The summed E-state index contributed by atoms with van der Waals surface area (Å²) < 4.78 is 0. The summed E-state index contributed by atoms with van der Waals surface area (Å²) in [6, 6.07) is 4.55. The van der Waals surface area contributed by atoms with Gasteiger partial charge in [-0.3, -0.25) is 0 Å². The van der Waals surface area contributed by atoms with Crippen LogP contribution in [0.3, 0.4) is 0 Å². The molecule has 2 atom stereocenters. The van der Waals surface area contributed by atoms with E-state index in [0.717, 1.165) is 5.69 Å². The number of nitrogens with two attached hydrogens (primary N) is 1. The molecule has 1 aliphatic carbocycles. The summed E-state index contributed by atoms with van der Waals surface area (Å²) >= 11 is 0. The van der Waals surface area contributed by atoms with Crippen molar-refractivity contribution in [3.63, 3.8) is 0 Å². The fraction of sp³-hybridized carbons (Fsp3) is 0.444. The van der Waals surface area contributed by atoms with E-state index in [9.17, 15) is 0 Å². The van der Waals surface area contributed by atoms with Crippen molar-refractivity contribution < 1.29 is 0 Å². The monoisotopic (exact) mass is 255 g/mol. The van der Waals surface area contributed by atoms with E-state index in [1.807, 2.05) is 0 Å². The molecule has 1 aliphatic rings. The van der Waals surface area contributed by atoms with E-state index in [1.165, 1.54) is 36.0 Å². The van der Waals surface area contributed by atoms with Crippen LogP contribution in [-0.2, 0) is 0 Å². The third-order valence-electron chi connectivity index (χ3n) is 4.10. The standard InChI is InChI=1S/C18H25N/c1-4-8-13(2)16-11-14(3)18(19)17(12-16)15-9-6-5-7-10-15/h4,6,8-9,11-13,15H,5,7,10,19H2,1-3H3. The lowest BCUT2D eigenvalue weighted by molar-refractivity contribution is 0.654. The highest BCUT2D eigenvalue weighted by Crippen LogP contribution is 2.35. The minimum absolute atomic E-state index is 0.454. The highest BCUT2D eigenvalue weighted by Gasteiger charge is 2.17. The molecule has 102 valence electrons. The third-order valence-corrected chi connectivity index (χ3v) is 4.10. The summed E-state index contributed by atoms with van der Waals surface area (Å²) in [4.78, 5) is 0. The molecule has 1 nitrogen and oxygen atoms in total. The first-order valence-electron chi connectivity index (χ1n) is 7.33. The Kier molecular flexibility index (Phi) is 4.47. The summed E-state index contributed by atoms with van der Waals surface area (Å²) in [6.07, 6.45) is 12.7. The normalized spacial score (nSPS) is 20.9. The van der Waals surface area contributed by atoms with Gasteiger partial charge in [-0.25, -0.2) is 0 Å². The molecule has 0 fully saturated rings. The van der Waals surface area contributed by atoms with E-state index in [1.54, 1.807) is 0 Å². The van der Waals surface area contributed by atoms with Crippen molar-refractivity contribution in [2.75, 3.05) is 5.73 Å². The Balaban J connectivity index is 2.41. The lowest BCUT2D eigenvalue weighted by Crippen LogP contribution is -2.07. The van der Waals surface area contributed by atoms with Gasteiger partial charge in [0.15, 0.2) is 0 Å². The zero-order valence-corrected chi connectivity index (χ0v) is 12.3. The molecule has 0 aromatic heterocycles. The van der Waals surface area contributed by atoms with Gasteiger partial charge in [0, 0.05) is 11.6 Å². The zero-order chi connectivity index (χ0) is 13.8. The fourth-order valence-electron chi connectivity index (χ4n) is 2.90. The van der Waals surface area contributed by atoms with E-state index in [2.05, 4.69) is 57.2 Å². The molecule has 0 heterocycles. The molecule has 1 heteroatoms. The topological polar surface area (TPSA) is 26.0 Å². The quantitative estimate of drug-likeness (QED) is 0.591. The van der Waals surface area contributed by atoms with Gasteiger partial charge in [-0.15, -0.1) is 0 Å². The first-order valence-corrected chi connectivity index (χ1v) is 7.33. The fourth-order valence-corrected chi connectivity index (χ4v) is 2.90. The van der Waals surface area contributed by atoms with Gasteiger partial charge in [0.05, 0.1) is 0 Å². The summed E-state index contributed by atoms with van der Waals surface area (Å²) in [7, 11) is 0. The summed E-state index contributed by atoms with van der Waals surface area (Å²) in [5.41, 5.74) is 11.2. The molecule has 0 amide bonds. The van der Waals surface area contributed by atoms with Gasteiger partial charge in [0.1, 0.15) is 0 Å². The van der Waals surface area contributed by atoms with Gasteiger partial charge in [-0.05, 0) is 55.7 Å². The zero-order valence-electron chi connectivity index (χ0n) is 12.3. The van der Waals surface area contributed by atoms with Crippen LogP contribution >= 0.6 is 0 Å². The van der Waals surface area contributed by atoms with E-state index >= 15 is 0 Å². The van der Waals surface area contributed by atoms with Crippen LogP contribution in [0.15, 0.2) is 36.4 Å². The van der Waals surface area contributed by atoms with Crippen molar-refractivity contribution >= 4 is 5.69 Å². The number of allylic oxidation sites excluding steroid dienone is 4. The van der Waals surface area contributed by atoms with E-state index in [-0.39, 0.29) is 0 Å². The van der Waals surface area contributed by atoms with Crippen LogP contribution in [0.2, 0.25) is 0 Å². The van der Waals surface area contributed by atoms with Gasteiger partial charge >= 0.3 is 0 Å². The molecule has 1 aromatic carbocycles. The van der Waals surface area contributed by atoms with Crippen LogP contribution in [-0.4, -0.2) is 0 Å². The Morgan fingerprint density at radius 2 is 2.16 bits per heavy atom. The van der Waals surface area contributed by atoms with E-state index < -0.39 is 0 Å². The molecule has 0 saturated heterocycles. The molecular formula is C18H25N. The second-order valence-electron chi connectivity index (χ2n) is 5.62. The highest BCUT2D eigenvalue weighted by atomic mass is 14.6. The molecule has 0 aliphatic heterocycles. The maximum Gasteiger partial charge on any atom is 0.0382 e. The van der Waals surface area contributed by atoms with E-state index in [4.69, 9.17) is 5.73 Å². The molecule has 2 unspecified atom stereocenters. The van der Waals surface area contributed by atoms with Crippen LogP contribution < -0.4 is 5.73 Å². The van der Waals surface area contributed by atoms with Gasteiger partial charge in [-0.2, -0.15) is 0 Å². The smallest absolute Gasteiger partial charge is 0.0382 e. The molecule has 2 N–H and O–H groups in total. The Morgan fingerprint density at radius 1 is 1.37 bits per heavy atom. The number of rotatable bonds is 3. The average Bonchev–Trinajstić information content (AvgIpc) is 2.43. The third kappa shape index (κ3) is 3.09. The highest BCUT2D eigenvalue weighted by molar-refractivity contribution is 5.58. The predicted molar refractivity (Wildman–Crippen MR) is 84.6 cm³/mol. The lowest BCUT2D eigenvalue weighted by Gasteiger charge is -2.22. The molecule has 2 rings (SSSR count). The molecule has 0 saturated carbocycles. The van der Waals surface area contributed by atoms with Gasteiger partial charge < -0.3 is 5.73 Å². The number of anilines is 1. The lowest BCUT2D eigenvalue weighted by atomic mass is 9.84. The molecule has 1 aromatic rings. The maximum absolute atomic E-state index is 6.30. The van der Waals surface area contributed by atoms with Crippen LogP contribution in [0.1, 0.15) is 61.6 Å². The number of hydrogen-bond acceptors (Lipinski definition) is 1. The van der Waals surface area contributed by atoms with Crippen molar-refractivity contribution in [2.45, 2.75) is 51.9 Å². The summed E-state index contributed by atoms with van der Waals surface area (Å²) in [5.74, 6) is 0.959. The Bertz CT molecular complexity index is 497. The predicted octanol–water partition coefficient (Wildman–Crippen LogP) is 5.08. The van der Waals surface area contributed by atoms with Crippen LogP contribution in [0.4, 0.5) is 5.69 Å². The molecule has 19 heavy (non-hydrogen) atoms. The van der Waals surface area contributed by atoms with Crippen molar-refractivity contribution in [3.05, 3.63) is 53.1 Å². The Hall–Kier alpha value is -1.50. The first-order chi connectivity index (χ1) is 9.13. The van der Waals surface area contributed by atoms with Crippen molar-refractivity contribution in [2.24, 2.45) is 0 Å². The Morgan fingerprint density at radius 3 is 2.79 bits per heavy atom. The summed E-state index contributed by atoms with van der Waals surface area (Å²) in [5, 5.41) is 0.